The first-order chi connectivity index (χ1) is 17.8. The molecule has 3 N–H and O–H groups in total. The summed E-state index contributed by atoms with van der Waals surface area (Å²) in [5.74, 6) is 1.88. The zero-order chi connectivity index (χ0) is 25.2. The van der Waals surface area contributed by atoms with Crippen molar-refractivity contribution in [3.63, 3.8) is 0 Å². The Hall–Kier alpha value is -4.15. The summed E-state index contributed by atoms with van der Waals surface area (Å²) >= 11 is 0. The van der Waals surface area contributed by atoms with E-state index in [1.54, 1.807) is 0 Å². The number of aliphatic hydroxyl groups is 2. The molecule has 10 heteroatoms. The van der Waals surface area contributed by atoms with E-state index in [-0.39, 0.29) is 6.61 Å². The fourth-order valence-electron chi connectivity index (χ4n) is 3.86. The fourth-order valence-corrected chi connectivity index (χ4v) is 3.86. The molecule has 186 valence electrons. The van der Waals surface area contributed by atoms with Crippen LogP contribution in [0.2, 0.25) is 0 Å². The minimum Gasteiger partial charge on any atom is -0.400 e. The molecule has 0 unspecified atom stereocenters. The van der Waals surface area contributed by atoms with Crippen LogP contribution in [0.5, 0.6) is 0 Å². The van der Waals surface area contributed by atoms with Gasteiger partial charge in [0, 0.05) is 57.8 Å². The molecular weight excluding hydrogens is 456 g/mol. The molecule has 1 aliphatic rings. The number of rotatable bonds is 7. The topological polar surface area (TPSA) is 123 Å². The fraction of sp³-hybridized carbons (Fsp3) is 0.269. The molecule has 3 heterocycles. The van der Waals surface area contributed by atoms with Crippen LogP contribution in [0.25, 0.3) is 0 Å². The number of benzene rings is 2. The summed E-state index contributed by atoms with van der Waals surface area (Å²) in [5, 5.41) is 19.4. The molecule has 1 aliphatic heterocycles. The van der Waals surface area contributed by atoms with Crippen molar-refractivity contribution in [3.05, 3.63) is 90.0 Å². The van der Waals surface area contributed by atoms with Crippen LogP contribution >= 0.6 is 0 Å². The Morgan fingerprint density at radius 1 is 0.722 bits per heavy atom. The maximum Gasteiger partial charge on any atom is 0.231 e. The van der Waals surface area contributed by atoms with Crippen molar-refractivity contribution in [2.45, 2.75) is 13.0 Å². The lowest BCUT2D eigenvalue weighted by atomic mass is 10.1. The van der Waals surface area contributed by atoms with Gasteiger partial charge in [-0.2, -0.15) is 4.98 Å². The van der Waals surface area contributed by atoms with Crippen molar-refractivity contribution >= 4 is 23.5 Å². The van der Waals surface area contributed by atoms with E-state index < -0.39 is 0 Å². The predicted molar refractivity (Wildman–Crippen MR) is 139 cm³/mol. The summed E-state index contributed by atoms with van der Waals surface area (Å²) in [6.07, 6.45) is 6.18. The molecule has 2 aromatic carbocycles. The second-order valence-electron chi connectivity index (χ2n) is 8.12. The predicted octanol–water partition coefficient (Wildman–Crippen LogP) is 2.42. The average Bonchev–Trinajstić information content (AvgIpc) is 2.96. The van der Waals surface area contributed by atoms with E-state index in [0.717, 1.165) is 62.5 Å². The summed E-state index contributed by atoms with van der Waals surface area (Å²) in [4.78, 5) is 26.7. The van der Waals surface area contributed by atoms with Crippen LogP contribution in [0.15, 0.2) is 73.3 Å². The largest absolute Gasteiger partial charge is 0.400 e. The Kier molecular flexibility index (Phi) is 8.68. The van der Waals surface area contributed by atoms with Gasteiger partial charge in [-0.3, -0.25) is 0 Å². The first kappa shape index (κ1) is 25.0. The van der Waals surface area contributed by atoms with Gasteiger partial charge >= 0.3 is 0 Å². The normalized spacial score (nSPS) is 13.1. The van der Waals surface area contributed by atoms with Gasteiger partial charge < -0.3 is 25.3 Å². The van der Waals surface area contributed by atoms with E-state index in [1.165, 1.54) is 11.9 Å². The van der Waals surface area contributed by atoms with Gasteiger partial charge in [-0.05, 0) is 28.8 Å². The van der Waals surface area contributed by atoms with Crippen molar-refractivity contribution in [2.24, 2.45) is 0 Å². The highest BCUT2D eigenvalue weighted by Crippen LogP contribution is 2.18. The molecular formula is C26H30N8O2. The minimum atomic E-state index is 0.0189. The molecule has 0 atom stereocenters. The molecule has 10 nitrogen and oxygen atoms in total. The number of aromatic nitrogens is 5. The molecule has 4 aromatic rings. The third-order valence-electron chi connectivity index (χ3n) is 5.74. The third kappa shape index (κ3) is 6.49. The van der Waals surface area contributed by atoms with Gasteiger partial charge in [-0.1, -0.05) is 42.5 Å². The maximum atomic E-state index is 9.19. The number of aliphatic hydroxyl groups excluding tert-OH is 2. The summed E-state index contributed by atoms with van der Waals surface area (Å²) in [6, 6.07) is 17.8. The van der Waals surface area contributed by atoms with E-state index in [0.29, 0.717) is 11.9 Å². The number of hydrogen-bond donors (Lipinski definition) is 3. The van der Waals surface area contributed by atoms with Crippen molar-refractivity contribution in [1.82, 2.24) is 24.9 Å². The van der Waals surface area contributed by atoms with E-state index in [4.69, 9.17) is 5.11 Å². The lowest BCUT2D eigenvalue weighted by Crippen LogP contribution is -2.47. The Morgan fingerprint density at radius 3 is 2.00 bits per heavy atom. The van der Waals surface area contributed by atoms with E-state index in [9.17, 15) is 5.11 Å². The van der Waals surface area contributed by atoms with Crippen LogP contribution in [-0.2, 0) is 13.0 Å². The van der Waals surface area contributed by atoms with Crippen LogP contribution in [-0.4, -0.2) is 68.4 Å². The minimum absolute atomic E-state index is 0.0189. The molecule has 0 bridgehead atoms. The highest BCUT2D eigenvalue weighted by molar-refractivity contribution is 5.54. The highest BCUT2D eigenvalue weighted by Gasteiger charge is 2.21. The maximum absolute atomic E-state index is 9.19. The molecule has 1 fully saturated rings. The lowest BCUT2D eigenvalue weighted by molar-refractivity contribution is 0.282. The molecule has 0 spiro atoms. The van der Waals surface area contributed by atoms with Crippen LogP contribution in [0.4, 0.5) is 23.5 Å². The van der Waals surface area contributed by atoms with E-state index in [2.05, 4.69) is 52.2 Å². The zero-order valence-corrected chi connectivity index (χ0v) is 20.2. The average molecular weight is 487 g/mol. The van der Waals surface area contributed by atoms with Gasteiger partial charge in [0.05, 0.1) is 6.61 Å². The molecule has 36 heavy (non-hydrogen) atoms. The monoisotopic (exact) mass is 486 g/mol. The number of hydrogen-bond acceptors (Lipinski definition) is 10. The quantitative estimate of drug-likeness (QED) is 0.359. The van der Waals surface area contributed by atoms with E-state index in [1.807, 2.05) is 54.9 Å². The number of nitrogens with one attached hydrogen (secondary N) is 1. The first-order valence-electron chi connectivity index (χ1n) is 11.7. The molecule has 0 radical (unpaired) electrons. The van der Waals surface area contributed by atoms with Gasteiger partial charge in [0.1, 0.15) is 6.33 Å². The van der Waals surface area contributed by atoms with Crippen LogP contribution in [0.1, 0.15) is 16.7 Å². The number of piperazine rings is 1. The van der Waals surface area contributed by atoms with Crippen molar-refractivity contribution in [2.75, 3.05) is 48.4 Å². The second kappa shape index (κ2) is 12.5. The number of anilines is 4. The Balaban J connectivity index is 0.00000148. The smallest absolute Gasteiger partial charge is 0.231 e. The third-order valence-corrected chi connectivity index (χ3v) is 5.74. The van der Waals surface area contributed by atoms with Gasteiger partial charge in [0.15, 0.2) is 0 Å². The summed E-state index contributed by atoms with van der Waals surface area (Å²) in [6.45, 7) is 3.13. The molecule has 2 aromatic heterocycles. The SMILES string of the molecule is CO.OCc1ccc(Nc2ncnc(N3CCN(c4ncc(Cc5ccccc5)cn4)CC3)n2)cc1. The van der Waals surface area contributed by atoms with Gasteiger partial charge in [0.25, 0.3) is 0 Å². The Morgan fingerprint density at radius 2 is 1.36 bits per heavy atom. The van der Waals surface area contributed by atoms with Crippen LogP contribution < -0.4 is 15.1 Å². The van der Waals surface area contributed by atoms with Crippen molar-refractivity contribution < 1.29 is 10.2 Å². The highest BCUT2D eigenvalue weighted by atomic mass is 16.3. The van der Waals surface area contributed by atoms with E-state index >= 15 is 0 Å². The standard InChI is InChI=1S/C25H26N8O.CH4O/c34-17-20-6-8-22(9-7-20)30-23-28-18-29-25(31-23)33-12-10-32(11-13-33)24-26-15-21(16-27-24)14-19-4-2-1-3-5-19;1-2/h1-9,15-16,18,34H,10-14,17H2,(H,28,29,30,31);2H,1H3. The van der Waals surface area contributed by atoms with Crippen LogP contribution in [0, 0.1) is 0 Å². The molecule has 1 saturated heterocycles. The van der Waals surface area contributed by atoms with Gasteiger partial charge in [0.2, 0.25) is 17.8 Å². The van der Waals surface area contributed by atoms with Gasteiger partial charge in [-0.25, -0.2) is 19.9 Å². The van der Waals surface area contributed by atoms with Crippen LogP contribution in [0.3, 0.4) is 0 Å². The second-order valence-corrected chi connectivity index (χ2v) is 8.12. The van der Waals surface area contributed by atoms with Crippen molar-refractivity contribution in [1.29, 1.82) is 0 Å². The zero-order valence-electron chi connectivity index (χ0n) is 20.2. The molecule has 0 amide bonds. The summed E-state index contributed by atoms with van der Waals surface area (Å²) in [5.41, 5.74) is 4.06. The molecule has 5 rings (SSSR count). The Bertz CT molecular complexity index is 1200. The summed E-state index contributed by atoms with van der Waals surface area (Å²) in [7, 11) is 1.00. The molecule has 0 aliphatic carbocycles. The Labute approximate surface area is 210 Å². The van der Waals surface area contributed by atoms with Crippen molar-refractivity contribution in [3.8, 4) is 0 Å². The molecule has 0 saturated carbocycles. The number of nitrogens with zero attached hydrogens (tertiary/aromatic N) is 7. The van der Waals surface area contributed by atoms with Gasteiger partial charge in [-0.15, -0.1) is 0 Å². The lowest BCUT2D eigenvalue weighted by Gasteiger charge is -2.34. The first-order valence-corrected chi connectivity index (χ1v) is 11.7. The summed E-state index contributed by atoms with van der Waals surface area (Å²) < 4.78 is 0.